The number of benzene rings is 2. The predicted molar refractivity (Wildman–Crippen MR) is 88.6 cm³/mol. The lowest BCUT2D eigenvalue weighted by Crippen LogP contribution is -2.19. The molecule has 0 aromatic heterocycles. The van der Waals surface area contributed by atoms with Gasteiger partial charge in [0.25, 0.3) is 0 Å². The van der Waals surface area contributed by atoms with Crippen molar-refractivity contribution in [2.45, 2.75) is 26.4 Å². The monoisotopic (exact) mass is 281 g/mol. The number of aryl methyl sites for hydroxylation is 1. The van der Waals surface area contributed by atoms with Crippen molar-refractivity contribution in [3.8, 4) is 5.75 Å². The molecule has 1 atom stereocenters. The highest BCUT2D eigenvalue weighted by atomic mass is 16.5. The molecule has 0 spiro atoms. The molecular weight excluding hydrogens is 258 g/mol. The molecule has 0 aliphatic carbocycles. The van der Waals surface area contributed by atoms with Crippen molar-refractivity contribution in [3.63, 3.8) is 0 Å². The molecule has 2 heteroatoms. The van der Waals surface area contributed by atoms with Crippen LogP contribution < -0.4 is 10.1 Å². The van der Waals surface area contributed by atoms with Crippen LogP contribution in [0.1, 0.15) is 29.7 Å². The van der Waals surface area contributed by atoms with E-state index >= 15 is 0 Å². The van der Waals surface area contributed by atoms with Crippen LogP contribution in [0.4, 0.5) is 0 Å². The van der Waals surface area contributed by atoms with Crippen LogP contribution in [0, 0.1) is 6.92 Å². The average molecular weight is 281 g/mol. The maximum atomic E-state index is 5.69. The van der Waals surface area contributed by atoms with Crippen LogP contribution in [0.5, 0.6) is 5.75 Å². The molecule has 2 nitrogen and oxygen atoms in total. The fraction of sp³-hybridized carbons (Fsp3) is 0.263. The van der Waals surface area contributed by atoms with Gasteiger partial charge in [0.2, 0.25) is 0 Å². The molecule has 0 saturated carbocycles. The zero-order valence-electron chi connectivity index (χ0n) is 12.8. The lowest BCUT2D eigenvalue weighted by Gasteiger charge is -2.18. The minimum Gasteiger partial charge on any atom is -0.489 e. The van der Waals surface area contributed by atoms with Crippen LogP contribution in [-0.2, 0) is 6.54 Å². The molecule has 0 heterocycles. The Morgan fingerprint density at radius 3 is 2.62 bits per heavy atom. The van der Waals surface area contributed by atoms with Crippen molar-refractivity contribution in [2.75, 3.05) is 6.61 Å². The minimum absolute atomic E-state index is 0.304. The zero-order valence-corrected chi connectivity index (χ0v) is 12.8. The summed E-state index contributed by atoms with van der Waals surface area (Å²) < 4.78 is 5.69. The summed E-state index contributed by atoms with van der Waals surface area (Å²) in [4.78, 5) is 0. The molecular formula is C19H23NO. The molecule has 1 unspecified atom stereocenters. The third-order valence-corrected chi connectivity index (χ3v) is 3.58. The second kappa shape index (κ2) is 7.65. The summed E-state index contributed by atoms with van der Waals surface area (Å²) in [6.45, 7) is 9.34. The third-order valence-electron chi connectivity index (χ3n) is 3.58. The molecule has 0 saturated heterocycles. The van der Waals surface area contributed by atoms with Crippen molar-refractivity contribution in [3.05, 3.63) is 77.9 Å². The first-order chi connectivity index (χ1) is 10.2. The number of rotatable bonds is 7. The van der Waals surface area contributed by atoms with Crippen molar-refractivity contribution in [1.29, 1.82) is 0 Å². The number of hydrogen-bond donors (Lipinski definition) is 1. The molecule has 0 aliphatic rings. The van der Waals surface area contributed by atoms with Gasteiger partial charge in [0, 0.05) is 18.2 Å². The van der Waals surface area contributed by atoms with Crippen molar-refractivity contribution >= 4 is 0 Å². The molecule has 1 N–H and O–H groups in total. The van der Waals surface area contributed by atoms with E-state index in [1.807, 2.05) is 18.2 Å². The quantitative estimate of drug-likeness (QED) is 0.759. The number of nitrogens with one attached hydrogen (secondary N) is 1. The number of hydrogen-bond acceptors (Lipinski definition) is 2. The van der Waals surface area contributed by atoms with Crippen LogP contribution in [0.3, 0.4) is 0 Å². The van der Waals surface area contributed by atoms with Gasteiger partial charge in [0.15, 0.2) is 0 Å². The van der Waals surface area contributed by atoms with Crippen LogP contribution >= 0.6 is 0 Å². The molecule has 21 heavy (non-hydrogen) atoms. The molecule has 2 aromatic rings. The summed E-state index contributed by atoms with van der Waals surface area (Å²) in [5.41, 5.74) is 3.82. The Morgan fingerprint density at radius 1 is 1.14 bits per heavy atom. The van der Waals surface area contributed by atoms with Gasteiger partial charge in [-0.05, 0) is 31.0 Å². The summed E-state index contributed by atoms with van der Waals surface area (Å²) in [7, 11) is 0. The highest BCUT2D eigenvalue weighted by Crippen LogP contribution is 2.21. The van der Waals surface area contributed by atoms with E-state index < -0.39 is 0 Å². The van der Waals surface area contributed by atoms with Gasteiger partial charge in [-0.25, -0.2) is 0 Å². The van der Waals surface area contributed by atoms with Crippen LogP contribution in [0.25, 0.3) is 0 Å². The molecule has 2 aromatic carbocycles. The standard InChI is InChI=1S/C19H23NO/c1-4-13-21-19-12-8-6-10-17(19)14-20-16(3)18-11-7-5-9-15(18)2/h4-12,16,20H,1,13-14H2,2-3H3. The number of ether oxygens (including phenoxy) is 1. The van der Waals surface area contributed by atoms with E-state index in [2.05, 4.69) is 56.1 Å². The normalized spacial score (nSPS) is 11.9. The molecule has 2 rings (SSSR count). The molecule has 110 valence electrons. The summed E-state index contributed by atoms with van der Waals surface area (Å²) in [6, 6.07) is 16.9. The first kappa shape index (κ1) is 15.3. The van der Waals surface area contributed by atoms with Gasteiger partial charge in [-0.1, -0.05) is 55.1 Å². The van der Waals surface area contributed by atoms with Gasteiger partial charge in [-0.3, -0.25) is 0 Å². The van der Waals surface area contributed by atoms with Crippen LogP contribution in [0.2, 0.25) is 0 Å². The van der Waals surface area contributed by atoms with Crippen LogP contribution in [-0.4, -0.2) is 6.61 Å². The number of para-hydroxylation sites is 1. The summed E-state index contributed by atoms with van der Waals surface area (Å²) in [5, 5.41) is 3.57. The Hall–Kier alpha value is -2.06. The molecule has 0 amide bonds. The SMILES string of the molecule is C=CCOc1ccccc1CNC(C)c1ccccc1C. The Labute approximate surface area is 127 Å². The van der Waals surface area contributed by atoms with E-state index in [9.17, 15) is 0 Å². The fourth-order valence-corrected chi connectivity index (χ4v) is 2.39. The topological polar surface area (TPSA) is 21.3 Å². The van der Waals surface area contributed by atoms with Gasteiger partial charge in [-0.2, -0.15) is 0 Å². The van der Waals surface area contributed by atoms with Crippen molar-refractivity contribution in [1.82, 2.24) is 5.32 Å². The Balaban J connectivity index is 2.03. The van der Waals surface area contributed by atoms with Crippen LogP contribution in [0.15, 0.2) is 61.2 Å². The van der Waals surface area contributed by atoms with Crippen molar-refractivity contribution < 1.29 is 4.74 Å². The molecule has 0 bridgehead atoms. The Morgan fingerprint density at radius 2 is 1.86 bits per heavy atom. The van der Waals surface area contributed by atoms with Crippen molar-refractivity contribution in [2.24, 2.45) is 0 Å². The Kier molecular flexibility index (Phi) is 5.59. The van der Waals surface area contributed by atoms with E-state index in [1.165, 1.54) is 16.7 Å². The van der Waals surface area contributed by atoms with Gasteiger partial charge >= 0.3 is 0 Å². The zero-order chi connectivity index (χ0) is 15.1. The second-order valence-corrected chi connectivity index (χ2v) is 5.17. The highest BCUT2D eigenvalue weighted by Gasteiger charge is 2.09. The lowest BCUT2D eigenvalue weighted by molar-refractivity contribution is 0.357. The first-order valence-electron chi connectivity index (χ1n) is 7.33. The maximum absolute atomic E-state index is 5.69. The van der Waals surface area contributed by atoms with Gasteiger partial charge in [0.05, 0.1) is 0 Å². The lowest BCUT2D eigenvalue weighted by atomic mass is 10.0. The third kappa shape index (κ3) is 4.20. The summed E-state index contributed by atoms with van der Waals surface area (Å²) in [5.74, 6) is 0.918. The fourth-order valence-electron chi connectivity index (χ4n) is 2.39. The smallest absolute Gasteiger partial charge is 0.124 e. The predicted octanol–water partition coefficient (Wildman–Crippen LogP) is 4.41. The van der Waals surface area contributed by atoms with Gasteiger partial charge in [0.1, 0.15) is 12.4 Å². The average Bonchev–Trinajstić information content (AvgIpc) is 2.52. The molecule has 0 radical (unpaired) electrons. The summed E-state index contributed by atoms with van der Waals surface area (Å²) in [6.07, 6.45) is 1.76. The molecule has 0 fully saturated rings. The van der Waals surface area contributed by atoms with E-state index in [0.717, 1.165) is 12.3 Å². The van der Waals surface area contributed by atoms with E-state index in [0.29, 0.717) is 12.6 Å². The first-order valence-corrected chi connectivity index (χ1v) is 7.33. The summed E-state index contributed by atoms with van der Waals surface area (Å²) >= 11 is 0. The van der Waals surface area contributed by atoms with Gasteiger partial charge < -0.3 is 10.1 Å². The second-order valence-electron chi connectivity index (χ2n) is 5.17. The minimum atomic E-state index is 0.304. The van der Waals surface area contributed by atoms with E-state index in [4.69, 9.17) is 4.74 Å². The van der Waals surface area contributed by atoms with Gasteiger partial charge in [-0.15, -0.1) is 0 Å². The maximum Gasteiger partial charge on any atom is 0.124 e. The Bertz CT molecular complexity index is 592. The largest absolute Gasteiger partial charge is 0.489 e. The van der Waals surface area contributed by atoms with E-state index in [1.54, 1.807) is 6.08 Å². The highest BCUT2D eigenvalue weighted by molar-refractivity contribution is 5.34. The van der Waals surface area contributed by atoms with E-state index in [-0.39, 0.29) is 0 Å². The molecule has 0 aliphatic heterocycles.